The third-order valence-electron chi connectivity index (χ3n) is 3.67. The lowest BCUT2D eigenvalue weighted by atomic mass is 10.2. The normalized spacial score (nSPS) is 15.6. The molecular weight excluding hydrogens is 304 g/mol. The van der Waals surface area contributed by atoms with Gasteiger partial charge in [0.2, 0.25) is 0 Å². The van der Waals surface area contributed by atoms with Gasteiger partial charge in [0.25, 0.3) is 6.43 Å². The van der Waals surface area contributed by atoms with E-state index < -0.39 is 19.0 Å². The number of hydrogen-bond donors (Lipinski definition) is 1. The average molecular weight is 327 g/mol. The number of urea groups is 1. The Morgan fingerprint density at radius 1 is 1.26 bits per heavy atom. The predicted molar refractivity (Wildman–Crippen MR) is 83.5 cm³/mol. The molecule has 1 aliphatic rings. The zero-order valence-corrected chi connectivity index (χ0v) is 13.1. The zero-order valence-electron chi connectivity index (χ0n) is 13.1. The Morgan fingerprint density at radius 2 is 1.96 bits per heavy atom. The summed E-state index contributed by atoms with van der Waals surface area (Å²) in [4.78, 5) is 15.5. The first-order valence-corrected chi connectivity index (χ1v) is 7.80. The van der Waals surface area contributed by atoms with Crippen molar-refractivity contribution in [1.29, 1.82) is 0 Å². The van der Waals surface area contributed by atoms with Gasteiger partial charge in [0, 0.05) is 32.7 Å². The van der Waals surface area contributed by atoms with Crippen molar-refractivity contribution < 1.29 is 18.3 Å². The molecule has 0 atom stereocenters. The molecular formula is C16H23F2N3O2. The number of halogens is 2. The largest absolute Gasteiger partial charge is 0.379 e. The van der Waals surface area contributed by atoms with E-state index in [-0.39, 0.29) is 6.54 Å². The Labute approximate surface area is 135 Å². The third kappa shape index (κ3) is 6.50. The summed E-state index contributed by atoms with van der Waals surface area (Å²) >= 11 is 0. The molecule has 1 fully saturated rings. The molecule has 1 heterocycles. The lowest BCUT2D eigenvalue weighted by Gasteiger charge is -2.27. The molecule has 0 aromatic heterocycles. The molecule has 128 valence electrons. The topological polar surface area (TPSA) is 44.8 Å². The van der Waals surface area contributed by atoms with Crippen LogP contribution in [-0.2, 0) is 11.3 Å². The van der Waals surface area contributed by atoms with Gasteiger partial charge in [-0.2, -0.15) is 0 Å². The highest BCUT2D eigenvalue weighted by atomic mass is 19.3. The maximum atomic E-state index is 12.7. The minimum atomic E-state index is -2.55. The molecule has 1 aromatic carbocycles. The Hall–Kier alpha value is -1.73. The molecule has 0 aliphatic carbocycles. The highest BCUT2D eigenvalue weighted by molar-refractivity contribution is 5.74. The fourth-order valence-corrected chi connectivity index (χ4v) is 2.45. The highest BCUT2D eigenvalue weighted by Crippen LogP contribution is 2.07. The van der Waals surface area contributed by atoms with Crippen LogP contribution >= 0.6 is 0 Å². The molecule has 0 radical (unpaired) electrons. The summed E-state index contributed by atoms with van der Waals surface area (Å²) in [6, 6.07) is 8.68. The Kier molecular flexibility index (Phi) is 7.22. The number of rotatable bonds is 7. The first-order valence-electron chi connectivity index (χ1n) is 7.80. The van der Waals surface area contributed by atoms with Crippen LogP contribution in [0.1, 0.15) is 5.56 Å². The molecule has 1 aliphatic heterocycles. The lowest BCUT2D eigenvalue weighted by Crippen LogP contribution is -2.46. The van der Waals surface area contributed by atoms with E-state index in [0.29, 0.717) is 26.3 Å². The number of ether oxygens (including phenoxy) is 1. The Morgan fingerprint density at radius 3 is 2.61 bits per heavy atom. The fourth-order valence-electron chi connectivity index (χ4n) is 2.45. The second kappa shape index (κ2) is 9.42. The molecule has 0 bridgehead atoms. The zero-order chi connectivity index (χ0) is 16.5. The minimum absolute atomic E-state index is 0.175. The Balaban J connectivity index is 1.80. The van der Waals surface area contributed by atoms with Crippen LogP contribution in [0.5, 0.6) is 0 Å². The van der Waals surface area contributed by atoms with Crippen molar-refractivity contribution in [2.75, 3.05) is 45.9 Å². The predicted octanol–water partition coefficient (Wildman–Crippen LogP) is 1.80. The van der Waals surface area contributed by atoms with Crippen LogP contribution < -0.4 is 5.32 Å². The molecule has 2 amide bonds. The smallest absolute Gasteiger partial charge is 0.317 e. The minimum Gasteiger partial charge on any atom is -0.379 e. The second-order valence-electron chi connectivity index (χ2n) is 5.44. The van der Waals surface area contributed by atoms with E-state index in [0.717, 1.165) is 23.6 Å². The van der Waals surface area contributed by atoms with Crippen molar-refractivity contribution in [3.63, 3.8) is 0 Å². The maximum Gasteiger partial charge on any atom is 0.317 e. The van der Waals surface area contributed by atoms with Gasteiger partial charge in [-0.3, -0.25) is 4.90 Å². The third-order valence-corrected chi connectivity index (χ3v) is 3.67. The summed E-state index contributed by atoms with van der Waals surface area (Å²) in [5.41, 5.74) is 0.830. The average Bonchev–Trinajstić information content (AvgIpc) is 2.56. The second-order valence-corrected chi connectivity index (χ2v) is 5.44. The standard InChI is InChI=1S/C16H23F2N3O2/c17-15(18)13-21(12-14-4-2-1-3-5-14)16(22)19-6-7-20-8-10-23-11-9-20/h1-5,15H,6-13H2,(H,19,22). The van der Waals surface area contributed by atoms with Gasteiger partial charge in [-0.15, -0.1) is 0 Å². The van der Waals surface area contributed by atoms with Gasteiger partial charge in [-0.1, -0.05) is 30.3 Å². The van der Waals surface area contributed by atoms with Crippen LogP contribution in [0.15, 0.2) is 30.3 Å². The number of benzene rings is 1. The van der Waals surface area contributed by atoms with Crippen LogP contribution in [0.4, 0.5) is 13.6 Å². The van der Waals surface area contributed by atoms with Gasteiger partial charge >= 0.3 is 6.03 Å². The van der Waals surface area contributed by atoms with Gasteiger partial charge in [-0.25, -0.2) is 13.6 Å². The molecule has 23 heavy (non-hydrogen) atoms. The molecule has 0 saturated carbocycles. The van der Waals surface area contributed by atoms with E-state index in [1.807, 2.05) is 30.3 Å². The van der Waals surface area contributed by atoms with Gasteiger partial charge < -0.3 is 15.0 Å². The number of amides is 2. The van der Waals surface area contributed by atoms with Crippen LogP contribution in [0.25, 0.3) is 0 Å². The van der Waals surface area contributed by atoms with E-state index in [1.165, 1.54) is 0 Å². The van der Waals surface area contributed by atoms with Crippen molar-refractivity contribution in [3.8, 4) is 0 Å². The molecule has 7 heteroatoms. The molecule has 1 aromatic rings. The number of alkyl halides is 2. The quantitative estimate of drug-likeness (QED) is 0.830. The summed E-state index contributed by atoms with van der Waals surface area (Å²) in [6.45, 7) is 3.79. The van der Waals surface area contributed by atoms with Crippen LogP contribution in [-0.4, -0.2) is 68.2 Å². The van der Waals surface area contributed by atoms with Gasteiger partial charge in [0.1, 0.15) is 0 Å². The lowest BCUT2D eigenvalue weighted by molar-refractivity contribution is 0.0383. The number of nitrogens with zero attached hydrogens (tertiary/aromatic N) is 2. The van der Waals surface area contributed by atoms with E-state index in [9.17, 15) is 13.6 Å². The van der Waals surface area contributed by atoms with E-state index >= 15 is 0 Å². The number of carbonyl (C=O) groups is 1. The van der Waals surface area contributed by atoms with Gasteiger partial charge in [0.15, 0.2) is 0 Å². The van der Waals surface area contributed by atoms with Crippen molar-refractivity contribution in [1.82, 2.24) is 15.1 Å². The van der Waals surface area contributed by atoms with Crippen molar-refractivity contribution in [2.24, 2.45) is 0 Å². The highest BCUT2D eigenvalue weighted by Gasteiger charge is 2.18. The molecule has 1 N–H and O–H groups in total. The monoisotopic (exact) mass is 327 g/mol. The number of nitrogens with one attached hydrogen (secondary N) is 1. The maximum absolute atomic E-state index is 12.7. The van der Waals surface area contributed by atoms with E-state index in [1.54, 1.807) is 0 Å². The van der Waals surface area contributed by atoms with Crippen LogP contribution in [0.2, 0.25) is 0 Å². The summed E-state index contributed by atoms with van der Waals surface area (Å²) in [5, 5.41) is 2.73. The first kappa shape index (κ1) is 17.6. The molecule has 5 nitrogen and oxygen atoms in total. The van der Waals surface area contributed by atoms with Crippen LogP contribution in [0.3, 0.4) is 0 Å². The summed E-state index contributed by atoms with van der Waals surface area (Å²) in [6.07, 6.45) is -2.55. The summed E-state index contributed by atoms with van der Waals surface area (Å²) < 4.78 is 30.7. The molecule has 2 rings (SSSR count). The molecule has 1 saturated heterocycles. The van der Waals surface area contributed by atoms with Gasteiger partial charge in [-0.05, 0) is 5.56 Å². The number of hydrogen-bond acceptors (Lipinski definition) is 3. The van der Waals surface area contributed by atoms with E-state index in [2.05, 4.69) is 10.2 Å². The number of carbonyl (C=O) groups excluding carboxylic acids is 1. The Bertz CT molecular complexity index is 468. The summed E-state index contributed by atoms with van der Waals surface area (Å²) in [7, 11) is 0. The SMILES string of the molecule is O=C(NCCN1CCOCC1)N(Cc1ccccc1)CC(F)F. The first-order chi connectivity index (χ1) is 11.1. The molecule has 0 spiro atoms. The fraction of sp³-hybridized carbons (Fsp3) is 0.562. The summed E-state index contributed by atoms with van der Waals surface area (Å²) in [5.74, 6) is 0. The molecule has 0 unspecified atom stereocenters. The van der Waals surface area contributed by atoms with Crippen molar-refractivity contribution in [3.05, 3.63) is 35.9 Å². The van der Waals surface area contributed by atoms with Crippen LogP contribution in [0, 0.1) is 0 Å². The van der Waals surface area contributed by atoms with E-state index in [4.69, 9.17) is 4.74 Å². The number of morpholine rings is 1. The van der Waals surface area contributed by atoms with Crippen molar-refractivity contribution in [2.45, 2.75) is 13.0 Å². The van der Waals surface area contributed by atoms with Gasteiger partial charge in [0.05, 0.1) is 19.8 Å². The van der Waals surface area contributed by atoms with Crippen molar-refractivity contribution >= 4 is 6.03 Å².